The molecule has 1 rings (SSSR count). The van der Waals surface area contributed by atoms with E-state index in [1.807, 2.05) is 18.9 Å². The lowest BCUT2D eigenvalue weighted by molar-refractivity contribution is -0.134. The second-order valence-corrected chi connectivity index (χ2v) is 5.06. The van der Waals surface area contributed by atoms with Crippen molar-refractivity contribution in [2.24, 2.45) is 17.6 Å². The molecule has 1 aliphatic carbocycles. The Hall–Kier alpha value is -0.570. The van der Waals surface area contributed by atoms with E-state index < -0.39 is 0 Å². The Kier molecular flexibility index (Phi) is 5.81. The monoisotopic (exact) mass is 226 g/mol. The normalized spacial score (nSPS) is 19.4. The maximum atomic E-state index is 12.0. The fourth-order valence-electron chi connectivity index (χ4n) is 2.60. The summed E-state index contributed by atoms with van der Waals surface area (Å²) in [4.78, 5) is 13.9. The van der Waals surface area contributed by atoms with Crippen LogP contribution < -0.4 is 5.73 Å². The van der Waals surface area contributed by atoms with Gasteiger partial charge < -0.3 is 10.6 Å². The smallest absolute Gasteiger partial charge is 0.226 e. The van der Waals surface area contributed by atoms with Crippen LogP contribution in [0.2, 0.25) is 0 Å². The number of carbonyl (C=O) groups excluding carboxylic acids is 1. The summed E-state index contributed by atoms with van der Waals surface area (Å²) in [5.41, 5.74) is 5.61. The molecule has 0 aromatic carbocycles. The Morgan fingerprint density at radius 2 is 2.00 bits per heavy atom. The van der Waals surface area contributed by atoms with Gasteiger partial charge in [0.25, 0.3) is 0 Å². The van der Waals surface area contributed by atoms with Gasteiger partial charge in [-0.05, 0) is 25.2 Å². The lowest BCUT2D eigenvalue weighted by Crippen LogP contribution is -2.39. The van der Waals surface area contributed by atoms with Gasteiger partial charge in [0.2, 0.25) is 5.91 Å². The summed E-state index contributed by atoms with van der Waals surface area (Å²) in [7, 11) is 1.93. The molecule has 1 atom stereocenters. The van der Waals surface area contributed by atoms with Gasteiger partial charge in [-0.15, -0.1) is 0 Å². The summed E-state index contributed by atoms with van der Waals surface area (Å²) >= 11 is 0. The van der Waals surface area contributed by atoms with Gasteiger partial charge in [-0.1, -0.05) is 26.2 Å². The summed E-state index contributed by atoms with van der Waals surface area (Å²) in [5, 5.41) is 0. The topological polar surface area (TPSA) is 46.3 Å². The number of hydrogen-bond donors (Lipinski definition) is 1. The van der Waals surface area contributed by atoms with Crippen molar-refractivity contribution in [3.8, 4) is 0 Å². The molecule has 1 aliphatic rings. The molecule has 1 saturated carbocycles. The van der Waals surface area contributed by atoms with Crippen molar-refractivity contribution in [3.63, 3.8) is 0 Å². The van der Waals surface area contributed by atoms with E-state index in [1.54, 1.807) is 0 Å². The average molecular weight is 226 g/mol. The van der Waals surface area contributed by atoms with Crippen LogP contribution in [0.25, 0.3) is 0 Å². The number of carbonyl (C=O) groups is 1. The van der Waals surface area contributed by atoms with Gasteiger partial charge in [0, 0.05) is 20.1 Å². The molecule has 0 radical (unpaired) electrons. The average Bonchev–Trinajstić information content (AvgIpc) is 2.31. The van der Waals surface area contributed by atoms with Gasteiger partial charge in [0.1, 0.15) is 0 Å². The first-order valence-electron chi connectivity index (χ1n) is 6.64. The molecule has 1 amide bonds. The minimum atomic E-state index is 0.0218. The van der Waals surface area contributed by atoms with Gasteiger partial charge in [0.15, 0.2) is 0 Å². The molecule has 3 nitrogen and oxygen atoms in total. The molecule has 0 aromatic rings. The Labute approximate surface area is 99.4 Å². The fourth-order valence-corrected chi connectivity index (χ4v) is 2.60. The van der Waals surface area contributed by atoms with Crippen molar-refractivity contribution in [1.82, 2.24) is 4.90 Å². The third-order valence-corrected chi connectivity index (χ3v) is 3.76. The lowest BCUT2D eigenvalue weighted by atomic mass is 9.89. The third-order valence-electron chi connectivity index (χ3n) is 3.76. The molecule has 0 bridgehead atoms. The van der Waals surface area contributed by atoms with Crippen molar-refractivity contribution in [1.29, 1.82) is 0 Å². The standard InChI is InChI=1S/C13H26N2O/c1-3-12(9-14)13(16)15(2)10-11-7-5-4-6-8-11/h11-12H,3-10,14H2,1-2H3. The molecule has 3 heteroatoms. The molecule has 0 saturated heterocycles. The van der Waals surface area contributed by atoms with Crippen LogP contribution in [-0.4, -0.2) is 30.9 Å². The maximum Gasteiger partial charge on any atom is 0.226 e. The van der Waals surface area contributed by atoms with Crippen LogP contribution in [0.5, 0.6) is 0 Å². The largest absolute Gasteiger partial charge is 0.345 e. The number of rotatable bonds is 5. The summed E-state index contributed by atoms with van der Waals surface area (Å²) in [6.07, 6.45) is 7.47. The van der Waals surface area contributed by atoms with Crippen molar-refractivity contribution in [3.05, 3.63) is 0 Å². The summed E-state index contributed by atoms with van der Waals surface area (Å²) in [6.45, 7) is 3.43. The summed E-state index contributed by atoms with van der Waals surface area (Å²) < 4.78 is 0. The molecule has 1 unspecified atom stereocenters. The third kappa shape index (κ3) is 3.78. The minimum Gasteiger partial charge on any atom is -0.345 e. The SMILES string of the molecule is CCC(CN)C(=O)N(C)CC1CCCCC1. The molecule has 0 spiro atoms. The Morgan fingerprint density at radius 3 is 2.50 bits per heavy atom. The summed E-state index contributed by atoms with van der Waals surface area (Å²) in [6, 6.07) is 0. The first-order valence-corrected chi connectivity index (χ1v) is 6.64. The fraction of sp³-hybridized carbons (Fsp3) is 0.923. The van der Waals surface area contributed by atoms with Gasteiger partial charge in [-0.25, -0.2) is 0 Å². The van der Waals surface area contributed by atoms with E-state index in [9.17, 15) is 4.79 Å². The number of nitrogens with zero attached hydrogens (tertiary/aromatic N) is 1. The van der Waals surface area contributed by atoms with E-state index in [0.717, 1.165) is 18.9 Å². The molecular weight excluding hydrogens is 200 g/mol. The van der Waals surface area contributed by atoms with Gasteiger partial charge in [-0.2, -0.15) is 0 Å². The number of hydrogen-bond acceptors (Lipinski definition) is 2. The molecule has 0 aliphatic heterocycles. The second-order valence-electron chi connectivity index (χ2n) is 5.06. The highest BCUT2D eigenvalue weighted by atomic mass is 16.2. The molecular formula is C13H26N2O. The van der Waals surface area contributed by atoms with Crippen LogP contribution in [0, 0.1) is 11.8 Å². The molecule has 1 fully saturated rings. The molecule has 94 valence electrons. The van der Waals surface area contributed by atoms with Gasteiger partial charge in [-0.3, -0.25) is 4.79 Å². The highest BCUT2D eigenvalue weighted by Gasteiger charge is 2.22. The van der Waals surface area contributed by atoms with Crippen LogP contribution in [0.15, 0.2) is 0 Å². The van der Waals surface area contributed by atoms with Crippen molar-refractivity contribution in [2.75, 3.05) is 20.1 Å². The van der Waals surface area contributed by atoms with E-state index in [1.165, 1.54) is 32.1 Å². The Bertz CT molecular complexity index is 208. The van der Waals surface area contributed by atoms with Gasteiger partial charge >= 0.3 is 0 Å². The first kappa shape index (κ1) is 13.5. The van der Waals surface area contributed by atoms with Crippen molar-refractivity contribution in [2.45, 2.75) is 45.4 Å². The lowest BCUT2D eigenvalue weighted by Gasteiger charge is -2.29. The van der Waals surface area contributed by atoms with Crippen LogP contribution in [0.1, 0.15) is 45.4 Å². The zero-order chi connectivity index (χ0) is 12.0. The van der Waals surface area contributed by atoms with Crippen LogP contribution >= 0.6 is 0 Å². The van der Waals surface area contributed by atoms with E-state index in [4.69, 9.17) is 5.73 Å². The predicted octanol–water partition coefficient (Wildman–Crippen LogP) is 2.01. The molecule has 16 heavy (non-hydrogen) atoms. The zero-order valence-electron chi connectivity index (χ0n) is 10.7. The van der Waals surface area contributed by atoms with E-state index in [-0.39, 0.29) is 11.8 Å². The summed E-state index contributed by atoms with van der Waals surface area (Å²) in [5.74, 6) is 0.974. The van der Waals surface area contributed by atoms with E-state index in [0.29, 0.717) is 6.54 Å². The number of nitrogens with two attached hydrogens (primary N) is 1. The predicted molar refractivity (Wildman–Crippen MR) is 67.0 cm³/mol. The number of amides is 1. The highest BCUT2D eigenvalue weighted by Crippen LogP contribution is 2.24. The first-order chi connectivity index (χ1) is 7.69. The quantitative estimate of drug-likeness (QED) is 0.779. The Balaban J connectivity index is 2.37. The van der Waals surface area contributed by atoms with Crippen LogP contribution in [0.4, 0.5) is 0 Å². The maximum absolute atomic E-state index is 12.0. The zero-order valence-corrected chi connectivity index (χ0v) is 10.7. The highest BCUT2D eigenvalue weighted by molar-refractivity contribution is 5.78. The van der Waals surface area contributed by atoms with Crippen molar-refractivity contribution >= 4 is 5.91 Å². The van der Waals surface area contributed by atoms with Crippen LogP contribution in [0.3, 0.4) is 0 Å². The van der Waals surface area contributed by atoms with E-state index in [2.05, 4.69) is 0 Å². The van der Waals surface area contributed by atoms with Gasteiger partial charge in [0.05, 0.1) is 5.92 Å². The molecule has 0 heterocycles. The van der Waals surface area contributed by atoms with E-state index >= 15 is 0 Å². The minimum absolute atomic E-state index is 0.0218. The Morgan fingerprint density at radius 1 is 1.38 bits per heavy atom. The van der Waals surface area contributed by atoms with Crippen LogP contribution in [-0.2, 0) is 4.79 Å². The van der Waals surface area contributed by atoms with Crippen molar-refractivity contribution < 1.29 is 4.79 Å². The molecule has 0 aromatic heterocycles. The molecule has 2 N–H and O–H groups in total. The second kappa shape index (κ2) is 6.89.